The van der Waals surface area contributed by atoms with E-state index in [4.69, 9.17) is 9.72 Å². The number of carbonyl (C=O) groups is 1. The van der Waals surface area contributed by atoms with Gasteiger partial charge >= 0.3 is 6.18 Å². The molecule has 1 unspecified atom stereocenters. The second-order valence-electron chi connectivity index (χ2n) is 9.13. The van der Waals surface area contributed by atoms with E-state index in [0.717, 1.165) is 12.1 Å². The molecule has 38 heavy (non-hydrogen) atoms. The lowest BCUT2D eigenvalue weighted by atomic mass is 9.95. The van der Waals surface area contributed by atoms with Crippen molar-refractivity contribution >= 4 is 16.8 Å². The number of hydrogen-bond acceptors (Lipinski definition) is 4. The van der Waals surface area contributed by atoms with Crippen LogP contribution in [0, 0.1) is 0 Å². The second kappa shape index (κ2) is 11.2. The van der Waals surface area contributed by atoms with E-state index < -0.39 is 23.2 Å². The first kappa shape index (κ1) is 27.1. The number of carbonyl (C=O) groups excluding carboxylic acids is 1. The fraction of sp³-hybridized carbons (Fsp3) is 0.276. The predicted molar refractivity (Wildman–Crippen MR) is 139 cm³/mol. The number of hydrogen-bond donors (Lipinski definition) is 1. The first-order valence-electron chi connectivity index (χ1n) is 12.2. The predicted octanol–water partition coefficient (Wildman–Crippen LogP) is 5.41. The number of halogens is 3. The number of nitrogens with zero attached hydrogens (tertiary/aromatic N) is 2. The van der Waals surface area contributed by atoms with Crippen LogP contribution < -0.4 is 10.9 Å². The lowest BCUT2D eigenvalue weighted by Gasteiger charge is -2.32. The quantitative estimate of drug-likeness (QED) is 0.298. The topological polar surface area (TPSA) is 73.2 Å². The highest BCUT2D eigenvalue weighted by atomic mass is 19.4. The standard InChI is InChI=1S/C29H28F3N3O3/c1-3-38-18-17-28(2,34-25(36)19-20-13-15-21(16-14-20)29(30,31)32)27-33-24-12-8-7-11-23(24)26(37)35(27)22-9-5-4-6-10-22/h4-16H,3,17-19H2,1-2H3,(H,34,36). The minimum Gasteiger partial charge on any atom is -0.382 e. The van der Waals surface area contributed by atoms with Crippen molar-refractivity contribution in [3.8, 4) is 5.69 Å². The molecule has 0 saturated carbocycles. The van der Waals surface area contributed by atoms with Crippen molar-refractivity contribution in [1.82, 2.24) is 14.9 Å². The average molecular weight is 524 g/mol. The van der Waals surface area contributed by atoms with Gasteiger partial charge in [0.15, 0.2) is 0 Å². The normalized spacial score (nSPS) is 13.3. The molecule has 4 aromatic rings. The molecule has 9 heteroatoms. The molecule has 0 aliphatic heterocycles. The van der Waals surface area contributed by atoms with Crippen LogP contribution in [0.4, 0.5) is 13.2 Å². The van der Waals surface area contributed by atoms with Gasteiger partial charge < -0.3 is 10.1 Å². The van der Waals surface area contributed by atoms with Gasteiger partial charge in [0.1, 0.15) is 5.82 Å². The summed E-state index contributed by atoms with van der Waals surface area (Å²) in [5.74, 6) is -0.0985. The van der Waals surface area contributed by atoms with Crippen LogP contribution in [0.1, 0.15) is 37.2 Å². The van der Waals surface area contributed by atoms with Crippen LogP contribution in [0.25, 0.3) is 16.6 Å². The van der Waals surface area contributed by atoms with Crippen LogP contribution in [0.15, 0.2) is 83.7 Å². The first-order chi connectivity index (χ1) is 18.1. The molecule has 6 nitrogen and oxygen atoms in total. The van der Waals surface area contributed by atoms with Crippen LogP contribution in [-0.4, -0.2) is 28.7 Å². The summed E-state index contributed by atoms with van der Waals surface area (Å²) >= 11 is 0. The number of ether oxygens (including phenoxy) is 1. The van der Waals surface area contributed by atoms with E-state index in [-0.39, 0.29) is 18.6 Å². The molecule has 1 N–H and O–H groups in total. The zero-order valence-electron chi connectivity index (χ0n) is 21.1. The minimum absolute atomic E-state index is 0.147. The summed E-state index contributed by atoms with van der Waals surface area (Å²) in [6.45, 7) is 4.37. The number of amides is 1. The van der Waals surface area contributed by atoms with Gasteiger partial charge in [0.2, 0.25) is 5.91 Å². The molecule has 0 fully saturated rings. The zero-order chi connectivity index (χ0) is 27.3. The van der Waals surface area contributed by atoms with Gasteiger partial charge in [-0.2, -0.15) is 13.2 Å². The monoisotopic (exact) mass is 523 g/mol. The lowest BCUT2D eigenvalue weighted by Crippen LogP contribution is -2.48. The van der Waals surface area contributed by atoms with Gasteiger partial charge in [-0.25, -0.2) is 4.98 Å². The fourth-order valence-electron chi connectivity index (χ4n) is 4.32. The molecule has 0 radical (unpaired) electrons. The van der Waals surface area contributed by atoms with Crippen molar-refractivity contribution in [2.24, 2.45) is 0 Å². The molecule has 0 aliphatic rings. The maximum absolute atomic E-state index is 13.7. The highest BCUT2D eigenvalue weighted by Crippen LogP contribution is 2.30. The minimum atomic E-state index is -4.46. The number of nitrogens with one attached hydrogen (secondary N) is 1. The molecule has 1 aromatic heterocycles. The lowest BCUT2D eigenvalue weighted by molar-refractivity contribution is -0.137. The molecule has 198 valence electrons. The highest BCUT2D eigenvalue weighted by molar-refractivity contribution is 5.80. The molecule has 3 aromatic carbocycles. The molecule has 0 bridgehead atoms. The Morgan fingerprint density at radius 1 is 0.974 bits per heavy atom. The summed E-state index contributed by atoms with van der Waals surface area (Å²) in [7, 11) is 0. The van der Waals surface area contributed by atoms with E-state index in [1.54, 1.807) is 43.3 Å². The van der Waals surface area contributed by atoms with E-state index >= 15 is 0 Å². The molecular weight excluding hydrogens is 495 g/mol. The van der Waals surface area contributed by atoms with Crippen molar-refractivity contribution in [2.75, 3.05) is 13.2 Å². The van der Waals surface area contributed by atoms with Crippen LogP contribution in [-0.2, 0) is 27.7 Å². The number of para-hydroxylation sites is 2. The van der Waals surface area contributed by atoms with Crippen molar-refractivity contribution < 1.29 is 22.7 Å². The van der Waals surface area contributed by atoms with Gasteiger partial charge in [-0.3, -0.25) is 14.2 Å². The molecule has 0 aliphatic carbocycles. The molecule has 0 spiro atoms. The number of fused-ring (bicyclic) bond motifs is 1. The molecule has 1 heterocycles. The van der Waals surface area contributed by atoms with Crippen molar-refractivity contribution in [3.63, 3.8) is 0 Å². The Balaban J connectivity index is 1.76. The number of aromatic nitrogens is 2. The van der Waals surface area contributed by atoms with Gasteiger partial charge in [-0.15, -0.1) is 0 Å². The molecule has 0 saturated heterocycles. The summed E-state index contributed by atoms with van der Waals surface area (Å²) < 4.78 is 45.9. The van der Waals surface area contributed by atoms with Gasteiger partial charge in [-0.05, 0) is 55.8 Å². The SMILES string of the molecule is CCOCCC(C)(NC(=O)Cc1ccc(C(F)(F)F)cc1)c1nc2ccccc2c(=O)n1-c1ccccc1. The summed E-state index contributed by atoms with van der Waals surface area (Å²) in [6, 6.07) is 20.5. The maximum Gasteiger partial charge on any atom is 0.416 e. The van der Waals surface area contributed by atoms with E-state index in [2.05, 4.69) is 5.32 Å². The Morgan fingerprint density at radius 2 is 1.63 bits per heavy atom. The van der Waals surface area contributed by atoms with E-state index in [1.807, 2.05) is 25.1 Å². The zero-order valence-corrected chi connectivity index (χ0v) is 21.1. The third kappa shape index (κ3) is 5.94. The van der Waals surface area contributed by atoms with Gasteiger partial charge in [0.05, 0.1) is 34.1 Å². The molecular formula is C29H28F3N3O3. The van der Waals surface area contributed by atoms with E-state index in [9.17, 15) is 22.8 Å². The smallest absolute Gasteiger partial charge is 0.382 e. The Morgan fingerprint density at radius 3 is 2.29 bits per heavy atom. The van der Waals surface area contributed by atoms with Gasteiger partial charge in [0.25, 0.3) is 5.56 Å². The number of benzene rings is 3. The Labute approximate surface area is 218 Å². The first-order valence-corrected chi connectivity index (χ1v) is 12.2. The van der Waals surface area contributed by atoms with E-state index in [0.29, 0.717) is 41.0 Å². The highest BCUT2D eigenvalue weighted by Gasteiger charge is 2.35. The van der Waals surface area contributed by atoms with Crippen molar-refractivity contribution in [3.05, 3.63) is 106 Å². The third-order valence-corrected chi connectivity index (χ3v) is 6.30. The van der Waals surface area contributed by atoms with Gasteiger partial charge in [0, 0.05) is 19.6 Å². The van der Waals surface area contributed by atoms with Crippen LogP contribution >= 0.6 is 0 Å². The van der Waals surface area contributed by atoms with Crippen molar-refractivity contribution in [1.29, 1.82) is 0 Å². The van der Waals surface area contributed by atoms with Crippen LogP contribution in [0.2, 0.25) is 0 Å². The summed E-state index contributed by atoms with van der Waals surface area (Å²) in [4.78, 5) is 31.8. The fourth-order valence-corrected chi connectivity index (χ4v) is 4.32. The second-order valence-corrected chi connectivity index (χ2v) is 9.13. The van der Waals surface area contributed by atoms with Crippen molar-refractivity contribution in [2.45, 2.75) is 38.4 Å². The Bertz CT molecular complexity index is 1470. The number of rotatable bonds is 9. The van der Waals surface area contributed by atoms with E-state index in [1.165, 1.54) is 16.7 Å². The molecule has 4 rings (SSSR count). The number of alkyl halides is 3. The summed E-state index contributed by atoms with van der Waals surface area (Å²) in [6.07, 6.45) is -4.30. The average Bonchev–Trinajstić information content (AvgIpc) is 2.89. The Hall–Kier alpha value is -3.98. The third-order valence-electron chi connectivity index (χ3n) is 6.30. The van der Waals surface area contributed by atoms with Crippen LogP contribution in [0.3, 0.4) is 0 Å². The Kier molecular flexibility index (Phi) is 7.97. The van der Waals surface area contributed by atoms with Gasteiger partial charge in [-0.1, -0.05) is 42.5 Å². The maximum atomic E-state index is 13.7. The van der Waals surface area contributed by atoms with Crippen LogP contribution in [0.5, 0.6) is 0 Å². The summed E-state index contributed by atoms with van der Waals surface area (Å²) in [5, 5.41) is 3.43. The molecule has 1 atom stereocenters. The largest absolute Gasteiger partial charge is 0.416 e. The summed E-state index contributed by atoms with van der Waals surface area (Å²) in [5.41, 5.74) is -0.705. The molecule has 1 amide bonds.